The van der Waals surface area contributed by atoms with Crippen LogP contribution in [0.25, 0.3) is 21.9 Å². The second-order valence-electron chi connectivity index (χ2n) is 11.4. The normalized spacial score (nSPS) is 18.8. The predicted molar refractivity (Wildman–Crippen MR) is 149 cm³/mol. The van der Waals surface area contributed by atoms with Crippen molar-refractivity contribution in [2.45, 2.75) is 50.0 Å². The number of carbonyl (C=O) groups is 1. The number of Topliss-reactive ketones (excluding diaryl/α,β-unsaturated/α-hetero) is 1. The Morgan fingerprint density at radius 2 is 1.75 bits per heavy atom. The van der Waals surface area contributed by atoms with E-state index in [2.05, 4.69) is 15.1 Å². The molecule has 7 rings (SSSR count). The van der Waals surface area contributed by atoms with E-state index in [1.54, 1.807) is 24.5 Å². The SMILES string of the molecule is O=C(C[C@@H](Cc1cc(F)cc(F)c1)c1ncccc1-c1cncc2ccccc12)Cn1nc(C(F)F)c2c1C(F)(F)C1CC21. The van der Waals surface area contributed by atoms with Crippen molar-refractivity contribution in [3.05, 3.63) is 113 Å². The number of alkyl halides is 4. The van der Waals surface area contributed by atoms with Gasteiger partial charge in [-0.15, -0.1) is 0 Å². The third-order valence-corrected chi connectivity index (χ3v) is 8.56. The molecule has 0 N–H and O–H groups in total. The largest absolute Gasteiger partial charge is 0.298 e. The van der Waals surface area contributed by atoms with E-state index < -0.39 is 65.5 Å². The van der Waals surface area contributed by atoms with Crippen molar-refractivity contribution in [2.75, 3.05) is 0 Å². The van der Waals surface area contributed by atoms with E-state index in [4.69, 9.17) is 0 Å². The van der Waals surface area contributed by atoms with E-state index in [9.17, 15) is 22.4 Å². The lowest BCUT2D eigenvalue weighted by atomic mass is 9.86. The highest BCUT2D eigenvalue weighted by atomic mass is 19.3. The van der Waals surface area contributed by atoms with Crippen LogP contribution in [0.5, 0.6) is 0 Å². The van der Waals surface area contributed by atoms with Gasteiger partial charge in [-0.2, -0.15) is 13.9 Å². The van der Waals surface area contributed by atoms with E-state index in [0.29, 0.717) is 11.3 Å². The van der Waals surface area contributed by atoms with Gasteiger partial charge >= 0.3 is 0 Å². The van der Waals surface area contributed by atoms with Gasteiger partial charge in [-0.25, -0.2) is 17.6 Å². The Balaban J connectivity index is 1.27. The topological polar surface area (TPSA) is 60.7 Å². The summed E-state index contributed by atoms with van der Waals surface area (Å²) >= 11 is 0. The number of halogens is 6. The summed E-state index contributed by atoms with van der Waals surface area (Å²) in [6, 6.07) is 14.1. The molecule has 224 valence electrons. The fourth-order valence-electron chi connectivity index (χ4n) is 6.66. The van der Waals surface area contributed by atoms with Crippen molar-refractivity contribution in [2.24, 2.45) is 5.92 Å². The van der Waals surface area contributed by atoms with Crippen molar-refractivity contribution in [1.29, 1.82) is 0 Å². The molecular weight excluding hydrogens is 582 g/mol. The zero-order chi connectivity index (χ0) is 30.7. The maximum absolute atomic E-state index is 15.1. The summed E-state index contributed by atoms with van der Waals surface area (Å²) in [6.07, 6.45) is 1.66. The number of ketones is 1. The summed E-state index contributed by atoms with van der Waals surface area (Å²) in [6.45, 7) is -0.657. The molecule has 1 fully saturated rings. The summed E-state index contributed by atoms with van der Waals surface area (Å²) in [5.74, 6) is -8.03. The lowest BCUT2D eigenvalue weighted by molar-refractivity contribution is -0.120. The first kappa shape index (κ1) is 28.2. The van der Waals surface area contributed by atoms with Crippen molar-refractivity contribution in [3.63, 3.8) is 0 Å². The third-order valence-electron chi connectivity index (χ3n) is 8.56. The number of carbonyl (C=O) groups excluding carboxylic acids is 1. The van der Waals surface area contributed by atoms with Gasteiger partial charge in [0.25, 0.3) is 12.3 Å². The zero-order valence-corrected chi connectivity index (χ0v) is 23.0. The summed E-state index contributed by atoms with van der Waals surface area (Å²) in [5.41, 5.74) is 0.586. The number of aromatic nitrogens is 4. The van der Waals surface area contributed by atoms with E-state index in [0.717, 1.165) is 39.2 Å². The van der Waals surface area contributed by atoms with E-state index in [1.165, 1.54) is 6.20 Å². The maximum Gasteiger partial charge on any atom is 0.293 e. The maximum atomic E-state index is 15.1. The van der Waals surface area contributed by atoms with Gasteiger partial charge in [-0.05, 0) is 47.9 Å². The second kappa shape index (κ2) is 10.6. The third kappa shape index (κ3) is 4.84. The minimum atomic E-state index is -3.37. The number of nitrogens with zero attached hydrogens (tertiary/aromatic N) is 4. The average Bonchev–Trinajstić information content (AvgIpc) is 3.64. The standard InChI is InChI=1S/C33H24F6N4O/c34-20-9-17(10-21(35)12-20)8-19(29-24(6-3-7-41-29)26-15-40-14-18-4-1-2-5-23(18)26)11-22(44)16-43-31-28(30(42-43)32(36)37)25-13-27(25)33(31,38)39/h1-7,9-10,12,14-15,19,25,27,32H,8,11,13,16H2/t19-,25?,27?/m1/s1. The molecule has 5 aromatic rings. The lowest BCUT2D eigenvalue weighted by Gasteiger charge is -2.21. The van der Waals surface area contributed by atoms with Crippen molar-refractivity contribution in [1.82, 2.24) is 19.7 Å². The Kier molecular flexibility index (Phi) is 6.78. The van der Waals surface area contributed by atoms with E-state index in [1.807, 2.05) is 24.3 Å². The summed E-state index contributed by atoms with van der Waals surface area (Å²) in [4.78, 5) is 22.5. The van der Waals surface area contributed by atoms with Gasteiger partial charge in [0.2, 0.25) is 0 Å². The molecule has 44 heavy (non-hydrogen) atoms. The first-order valence-electron chi connectivity index (χ1n) is 14.1. The number of hydrogen-bond donors (Lipinski definition) is 0. The van der Waals surface area contributed by atoms with Crippen LogP contribution in [0.3, 0.4) is 0 Å². The molecule has 11 heteroatoms. The summed E-state index contributed by atoms with van der Waals surface area (Å²) in [7, 11) is 0. The number of pyridine rings is 2. The summed E-state index contributed by atoms with van der Waals surface area (Å²) in [5, 5.41) is 5.50. The smallest absolute Gasteiger partial charge is 0.293 e. The number of fused-ring (bicyclic) bond motifs is 4. The van der Waals surface area contributed by atoms with Gasteiger partial charge < -0.3 is 0 Å². The molecule has 0 radical (unpaired) electrons. The number of benzene rings is 2. The lowest BCUT2D eigenvalue weighted by Crippen LogP contribution is -2.24. The Hall–Kier alpha value is -4.54. The quantitative estimate of drug-likeness (QED) is 0.160. The van der Waals surface area contributed by atoms with Crippen LogP contribution in [0.4, 0.5) is 26.3 Å². The van der Waals surface area contributed by atoms with Crippen LogP contribution in [0.1, 0.15) is 59.3 Å². The molecule has 2 aliphatic rings. The molecule has 0 spiro atoms. The molecule has 2 aliphatic carbocycles. The minimum absolute atomic E-state index is 0.0115. The monoisotopic (exact) mass is 606 g/mol. The van der Waals surface area contributed by atoms with Crippen molar-refractivity contribution >= 4 is 16.6 Å². The van der Waals surface area contributed by atoms with Crippen LogP contribution in [-0.4, -0.2) is 25.5 Å². The van der Waals surface area contributed by atoms with Crippen LogP contribution in [0.15, 0.2) is 73.2 Å². The highest BCUT2D eigenvalue weighted by Gasteiger charge is 2.67. The molecule has 2 aromatic carbocycles. The molecule has 0 aliphatic heterocycles. The molecule has 0 saturated heterocycles. The highest BCUT2D eigenvalue weighted by molar-refractivity contribution is 5.96. The first-order chi connectivity index (χ1) is 21.1. The average molecular weight is 607 g/mol. The van der Waals surface area contributed by atoms with Gasteiger partial charge in [-0.3, -0.25) is 19.4 Å². The fraction of sp³-hybridized carbons (Fsp3) is 0.273. The Bertz CT molecular complexity index is 1900. The predicted octanol–water partition coefficient (Wildman–Crippen LogP) is 7.90. The molecule has 5 nitrogen and oxygen atoms in total. The Morgan fingerprint density at radius 3 is 2.52 bits per heavy atom. The van der Waals surface area contributed by atoms with Gasteiger partial charge in [0.15, 0.2) is 5.78 Å². The molecule has 3 aromatic heterocycles. The number of rotatable bonds is 9. The van der Waals surface area contributed by atoms with Crippen LogP contribution < -0.4 is 0 Å². The van der Waals surface area contributed by atoms with Crippen molar-refractivity contribution in [3.8, 4) is 11.1 Å². The Morgan fingerprint density at radius 1 is 0.977 bits per heavy atom. The summed E-state index contributed by atoms with van der Waals surface area (Å²) < 4.78 is 86.9. The van der Waals surface area contributed by atoms with E-state index >= 15 is 8.78 Å². The first-order valence-corrected chi connectivity index (χ1v) is 14.1. The zero-order valence-electron chi connectivity index (χ0n) is 23.0. The van der Waals surface area contributed by atoms with Crippen molar-refractivity contribution < 1.29 is 31.1 Å². The van der Waals surface area contributed by atoms with Crippen LogP contribution >= 0.6 is 0 Å². The molecule has 3 atom stereocenters. The van der Waals surface area contributed by atoms with Crippen LogP contribution in [0.2, 0.25) is 0 Å². The molecule has 0 bridgehead atoms. The molecule has 0 amide bonds. The fourth-order valence-corrected chi connectivity index (χ4v) is 6.66. The minimum Gasteiger partial charge on any atom is -0.298 e. The van der Waals surface area contributed by atoms with Crippen LogP contribution in [0, 0.1) is 17.6 Å². The van der Waals surface area contributed by atoms with Gasteiger partial charge in [0, 0.05) is 65.0 Å². The molecule has 2 unspecified atom stereocenters. The van der Waals surface area contributed by atoms with E-state index in [-0.39, 0.29) is 30.4 Å². The molecule has 3 heterocycles. The second-order valence-corrected chi connectivity index (χ2v) is 11.4. The Labute approximate surface area is 247 Å². The van der Waals surface area contributed by atoms with Gasteiger partial charge in [0.1, 0.15) is 29.6 Å². The highest BCUT2D eigenvalue weighted by Crippen LogP contribution is 2.68. The van der Waals surface area contributed by atoms with Crippen LogP contribution in [-0.2, 0) is 23.7 Å². The van der Waals surface area contributed by atoms with Gasteiger partial charge in [-0.1, -0.05) is 30.3 Å². The molecular formula is C33H24F6N4O. The number of hydrogen-bond acceptors (Lipinski definition) is 4. The van der Waals surface area contributed by atoms with Gasteiger partial charge in [0.05, 0.1) is 5.69 Å². The molecule has 1 saturated carbocycles.